The Morgan fingerprint density at radius 3 is 2.82 bits per heavy atom. The molecule has 0 spiro atoms. The fourth-order valence-electron chi connectivity index (χ4n) is 1.47. The molecule has 0 radical (unpaired) electrons. The molecule has 0 unspecified atom stereocenters. The molecule has 3 nitrogen and oxygen atoms in total. The quantitative estimate of drug-likeness (QED) is 0.802. The van der Waals surface area contributed by atoms with Crippen LogP contribution < -0.4 is 4.90 Å². The fourth-order valence-corrected chi connectivity index (χ4v) is 2.97. The number of thiophene rings is 1. The number of Topliss-reactive ketones (excluding diaryl/α,β-unsaturated/α-hetero) is 1. The van der Waals surface area contributed by atoms with Crippen molar-refractivity contribution in [3.63, 3.8) is 0 Å². The summed E-state index contributed by atoms with van der Waals surface area (Å²) < 4.78 is 6.55. The molecule has 90 valence electrons. The molecule has 2 heterocycles. The summed E-state index contributed by atoms with van der Waals surface area (Å²) in [5, 5.41) is 2.05. The lowest BCUT2D eigenvalue weighted by Crippen LogP contribution is -2.14. The van der Waals surface area contributed by atoms with Gasteiger partial charge in [-0.1, -0.05) is 0 Å². The van der Waals surface area contributed by atoms with E-state index >= 15 is 0 Å². The molecule has 0 atom stereocenters. The number of ketones is 1. The van der Waals surface area contributed by atoms with Gasteiger partial charge in [-0.2, -0.15) is 0 Å². The molecule has 17 heavy (non-hydrogen) atoms. The summed E-state index contributed by atoms with van der Waals surface area (Å²) in [4.78, 5) is 14.3. The highest BCUT2D eigenvalue weighted by atomic mass is 79.9. The summed E-state index contributed by atoms with van der Waals surface area (Å²) in [7, 11) is 1.94. The lowest BCUT2D eigenvalue weighted by Gasteiger charge is -2.14. The van der Waals surface area contributed by atoms with Gasteiger partial charge in [-0.05, 0) is 28.1 Å². The molecule has 0 bridgehead atoms. The van der Waals surface area contributed by atoms with Crippen LogP contribution in [0.2, 0.25) is 0 Å². The van der Waals surface area contributed by atoms with E-state index < -0.39 is 0 Å². The van der Waals surface area contributed by atoms with E-state index in [-0.39, 0.29) is 5.78 Å². The first-order valence-corrected chi connectivity index (χ1v) is 6.78. The van der Waals surface area contributed by atoms with E-state index in [9.17, 15) is 4.79 Å². The summed E-state index contributed by atoms with van der Waals surface area (Å²) >= 11 is 5.11. The molecule has 5 heteroatoms. The van der Waals surface area contributed by atoms with Crippen LogP contribution >= 0.6 is 27.3 Å². The molecule has 0 aliphatic heterocycles. The molecule has 2 aromatic rings. The Labute approximate surface area is 112 Å². The first-order valence-electron chi connectivity index (χ1n) is 5.11. The van der Waals surface area contributed by atoms with Gasteiger partial charge in [0.1, 0.15) is 0 Å². The highest BCUT2D eigenvalue weighted by Gasteiger charge is 2.10. The van der Waals surface area contributed by atoms with E-state index in [0.717, 1.165) is 11.0 Å². The molecule has 0 saturated heterocycles. The molecule has 0 aliphatic rings. The number of furan rings is 1. The van der Waals surface area contributed by atoms with E-state index in [1.165, 1.54) is 11.8 Å². The predicted octanol–water partition coefficient (Wildman–Crippen LogP) is 3.94. The van der Waals surface area contributed by atoms with Gasteiger partial charge >= 0.3 is 0 Å². The van der Waals surface area contributed by atoms with Crippen molar-refractivity contribution in [1.82, 2.24) is 0 Å². The first kappa shape index (κ1) is 12.4. The lowest BCUT2D eigenvalue weighted by atomic mass is 10.3. The Bertz CT molecular complexity index is 532. The van der Waals surface area contributed by atoms with Crippen LogP contribution in [0.3, 0.4) is 0 Å². The van der Waals surface area contributed by atoms with Crippen molar-refractivity contribution in [2.24, 2.45) is 0 Å². The summed E-state index contributed by atoms with van der Waals surface area (Å²) in [6.45, 7) is 2.26. The zero-order chi connectivity index (χ0) is 12.4. The minimum absolute atomic E-state index is 0.0523. The van der Waals surface area contributed by atoms with Crippen molar-refractivity contribution in [2.45, 2.75) is 13.5 Å². The Morgan fingerprint density at radius 1 is 1.53 bits per heavy atom. The van der Waals surface area contributed by atoms with Gasteiger partial charge in [-0.3, -0.25) is 4.79 Å². The molecule has 0 aromatic carbocycles. The molecule has 2 rings (SSSR count). The lowest BCUT2D eigenvalue weighted by molar-refractivity contribution is 0.0988. The van der Waals surface area contributed by atoms with Gasteiger partial charge in [0, 0.05) is 34.8 Å². The first-order chi connectivity index (χ1) is 8.06. The van der Waals surface area contributed by atoms with Crippen LogP contribution in [-0.2, 0) is 6.54 Å². The van der Waals surface area contributed by atoms with Crippen molar-refractivity contribution in [2.75, 3.05) is 11.9 Å². The average Bonchev–Trinajstić information content (AvgIpc) is 2.86. The van der Waals surface area contributed by atoms with E-state index in [1.54, 1.807) is 17.4 Å². The second-order valence-electron chi connectivity index (χ2n) is 3.78. The number of carbonyl (C=O) groups is 1. The van der Waals surface area contributed by atoms with Gasteiger partial charge in [0.05, 0.1) is 6.54 Å². The van der Waals surface area contributed by atoms with Gasteiger partial charge < -0.3 is 9.32 Å². The number of rotatable bonds is 4. The molecule has 0 saturated carbocycles. The summed E-state index contributed by atoms with van der Waals surface area (Å²) in [6, 6.07) is 5.61. The third kappa shape index (κ3) is 2.98. The SMILES string of the molecule is CC(=O)c1ccc(N(C)Cc2cc(Br)cs2)o1. The third-order valence-corrected chi connectivity index (χ3v) is 4.01. The van der Waals surface area contributed by atoms with Crippen LogP contribution in [0.5, 0.6) is 0 Å². The van der Waals surface area contributed by atoms with Crippen molar-refractivity contribution >= 4 is 38.9 Å². The summed E-state index contributed by atoms with van der Waals surface area (Å²) in [5.41, 5.74) is 0. The zero-order valence-corrected chi connectivity index (χ0v) is 12.0. The van der Waals surface area contributed by atoms with Crippen molar-refractivity contribution in [3.05, 3.63) is 38.7 Å². The molecule has 0 fully saturated rings. The van der Waals surface area contributed by atoms with E-state index in [2.05, 4.69) is 22.0 Å². The minimum atomic E-state index is -0.0523. The van der Waals surface area contributed by atoms with Gasteiger partial charge in [0.15, 0.2) is 17.4 Å². The number of anilines is 1. The maximum Gasteiger partial charge on any atom is 0.196 e. The molecule has 0 amide bonds. The maximum atomic E-state index is 11.1. The maximum absolute atomic E-state index is 11.1. The largest absolute Gasteiger partial charge is 0.437 e. The van der Waals surface area contributed by atoms with E-state index in [1.807, 2.05) is 23.4 Å². The predicted molar refractivity (Wildman–Crippen MR) is 72.8 cm³/mol. The van der Waals surface area contributed by atoms with Crippen LogP contribution in [-0.4, -0.2) is 12.8 Å². The molecular formula is C12H12BrNO2S. The normalized spacial score (nSPS) is 10.5. The highest BCUT2D eigenvalue weighted by Crippen LogP contribution is 2.24. The Balaban J connectivity index is 2.08. The standard InChI is InChI=1S/C12H12BrNO2S/c1-8(15)11-3-4-12(16-11)14(2)6-10-5-9(13)7-17-10/h3-5,7H,6H2,1-2H3. The number of nitrogens with zero attached hydrogens (tertiary/aromatic N) is 1. The fraction of sp³-hybridized carbons (Fsp3) is 0.250. The van der Waals surface area contributed by atoms with Crippen molar-refractivity contribution < 1.29 is 9.21 Å². The second-order valence-corrected chi connectivity index (χ2v) is 5.69. The van der Waals surface area contributed by atoms with Gasteiger partial charge in [0.25, 0.3) is 0 Å². The molecule has 0 aliphatic carbocycles. The number of halogens is 1. The highest BCUT2D eigenvalue weighted by molar-refractivity contribution is 9.10. The molecule has 0 N–H and O–H groups in total. The molecular weight excluding hydrogens is 302 g/mol. The van der Waals surface area contributed by atoms with Crippen LogP contribution in [0, 0.1) is 0 Å². The third-order valence-electron chi connectivity index (χ3n) is 2.33. The van der Waals surface area contributed by atoms with Crippen LogP contribution in [0.15, 0.2) is 32.5 Å². The average molecular weight is 314 g/mol. The van der Waals surface area contributed by atoms with E-state index in [0.29, 0.717) is 11.6 Å². The Hall–Kier alpha value is -1.07. The van der Waals surface area contributed by atoms with Crippen LogP contribution in [0.4, 0.5) is 5.88 Å². The van der Waals surface area contributed by atoms with Crippen LogP contribution in [0.25, 0.3) is 0 Å². The number of hydrogen-bond donors (Lipinski definition) is 0. The smallest absolute Gasteiger partial charge is 0.196 e. The summed E-state index contributed by atoms with van der Waals surface area (Å²) in [5.74, 6) is 1.06. The number of carbonyl (C=O) groups excluding carboxylic acids is 1. The van der Waals surface area contributed by atoms with Crippen molar-refractivity contribution in [1.29, 1.82) is 0 Å². The molecule has 2 aromatic heterocycles. The number of hydrogen-bond acceptors (Lipinski definition) is 4. The topological polar surface area (TPSA) is 33.5 Å². The Morgan fingerprint density at radius 2 is 2.29 bits per heavy atom. The zero-order valence-electron chi connectivity index (χ0n) is 9.57. The van der Waals surface area contributed by atoms with Crippen LogP contribution in [0.1, 0.15) is 22.4 Å². The van der Waals surface area contributed by atoms with Gasteiger partial charge in [0.2, 0.25) is 0 Å². The summed E-state index contributed by atoms with van der Waals surface area (Å²) in [6.07, 6.45) is 0. The minimum Gasteiger partial charge on any atom is -0.437 e. The van der Waals surface area contributed by atoms with Gasteiger partial charge in [-0.25, -0.2) is 0 Å². The Kier molecular flexibility index (Phi) is 3.69. The van der Waals surface area contributed by atoms with Gasteiger partial charge in [-0.15, -0.1) is 11.3 Å². The van der Waals surface area contributed by atoms with E-state index in [4.69, 9.17) is 4.42 Å². The van der Waals surface area contributed by atoms with Crippen molar-refractivity contribution in [3.8, 4) is 0 Å². The second kappa shape index (κ2) is 5.06. The monoisotopic (exact) mass is 313 g/mol.